The van der Waals surface area contributed by atoms with Gasteiger partial charge in [0.25, 0.3) is 0 Å². The predicted molar refractivity (Wildman–Crippen MR) is 78.1 cm³/mol. The summed E-state index contributed by atoms with van der Waals surface area (Å²) in [5, 5.41) is 95.7. The van der Waals surface area contributed by atoms with Crippen LogP contribution in [0, 0.1) is 0 Å². The first-order valence-corrected chi connectivity index (χ1v) is 6.94. The Morgan fingerprint density at radius 2 is 1.44 bits per heavy atom. The number of ether oxygens (including phenoxy) is 1. The quantitative estimate of drug-likeness (QED) is 0.198. The second-order valence-electron chi connectivity index (χ2n) is 5.63. The first kappa shape index (κ1) is 26.7. The average Bonchev–Trinajstić information content (AvgIpc) is 2.56. The molecule has 0 spiro atoms. The van der Waals surface area contributed by atoms with E-state index in [9.17, 15) is 40.9 Å². The molecule has 0 aliphatic carbocycles. The van der Waals surface area contributed by atoms with Crippen molar-refractivity contribution in [3.8, 4) is 0 Å². The number of aliphatic hydroxyl groups excluding tert-OH is 9. The van der Waals surface area contributed by atoms with Crippen LogP contribution >= 0.6 is 0 Å². The second kappa shape index (κ2) is 10.6. The Morgan fingerprint density at radius 1 is 0.920 bits per heavy atom. The topological polar surface area (TPSA) is 275 Å². The molecule has 1 rings (SSSR count). The summed E-state index contributed by atoms with van der Waals surface area (Å²) in [5.41, 5.74) is -2.62. The van der Waals surface area contributed by atoms with Gasteiger partial charge in [-0.2, -0.15) is 0 Å². The summed E-state index contributed by atoms with van der Waals surface area (Å²) in [5.74, 6) is 0. The van der Waals surface area contributed by atoms with E-state index in [2.05, 4.69) is 0 Å². The van der Waals surface area contributed by atoms with Crippen LogP contribution in [0.4, 0.5) is 0 Å². The molecule has 14 N–H and O–H groups in total. The summed E-state index contributed by atoms with van der Waals surface area (Å²) in [4.78, 5) is 0. The average molecular weight is 380 g/mol. The van der Waals surface area contributed by atoms with Crippen LogP contribution in [0.3, 0.4) is 0 Å². The molecule has 1 fully saturated rings. The lowest BCUT2D eigenvalue weighted by Crippen LogP contribution is -2.70. The van der Waals surface area contributed by atoms with E-state index in [1.165, 1.54) is 0 Å². The van der Waals surface area contributed by atoms with Crippen molar-refractivity contribution in [3.05, 3.63) is 0 Å². The molecule has 2 unspecified atom stereocenters. The van der Waals surface area contributed by atoms with E-state index in [1.54, 1.807) is 0 Å². The lowest BCUT2D eigenvalue weighted by molar-refractivity contribution is -0.285. The summed E-state index contributed by atoms with van der Waals surface area (Å²) in [6.45, 7) is -2.40. The van der Waals surface area contributed by atoms with E-state index >= 15 is 0 Å². The predicted octanol–water partition coefficient (Wildman–Crippen LogP) is -8.02. The van der Waals surface area contributed by atoms with Gasteiger partial charge in [0, 0.05) is 0 Å². The van der Waals surface area contributed by atoms with Crippen molar-refractivity contribution in [3.63, 3.8) is 0 Å². The molecular formula is C12H28O13. The molecule has 0 bridgehead atoms. The molecule has 0 aromatic heterocycles. The van der Waals surface area contributed by atoms with Crippen LogP contribution in [-0.4, -0.2) is 136 Å². The summed E-state index contributed by atoms with van der Waals surface area (Å²) in [6, 6.07) is 0. The molecule has 1 saturated heterocycles. The molecule has 25 heavy (non-hydrogen) atoms. The third-order valence-corrected chi connectivity index (χ3v) is 4.04. The third-order valence-electron chi connectivity index (χ3n) is 4.04. The van der Waals surface area contributed by atoms with Crippen LogP contribution in [0.15, 0.2) is 0 Å². The van der Waals surface area contributed by atoms with E-state index < -0.39 is 74.3 Å². The molecule has 1 aliphatic heterocycles. The Labute approximate surface area is 142 Å². The highest BCUT2D eigenvalue weighted by Crippen LogP contribution is 2.30. The zero-order chi connectivity index (χ0) is 17.9. The molecule has 0 saturated carbocycles. The van der Waals surface area contributed by atoms with E-state index in [0.29, 0.717) is 0 Å². The van der Waals surface area contributed by atoms with Gasteiger partial charge < -0.3 is 66.8 Å². The Balaban J connectivity index is 0. The molecule has 0 radical (unpaired) electrons. The van der Waals surface area contributed by atoms with E-state index in [4.69, 9.17) is 14.9 Å². The van der Waals surface area contributed by atoms with Gasteiger partial charge in [-0.05, 0) is 0 Å². The Hall–Kier alpha value is -0.520. The fraction of sp³-hybridized carbons (Fsp3) is 1.00. The second-order valence-corrected chi connectivity index (χ2v) is 5.63. The zero-order valence-electron chi connectivity index (χ0n) is 13.1. The summed E-state index contributed by atoms with van der Waals surface area (Å²) in [7, 11) is 0. The SMILES string of the molecule is O.O.OC[C@@H](O)[C@@H](O)[C@H](O)[C@H](O)C(O)C1(O)CO[C@H](CO)[C@@H](O)[C@@H]1O. The lowest BCUT2D eigenvalue weighted by Gasteiger charge is -2.46. The van der Waals surface area contributed by atoms with Crippen LogP contribution in [-0.2, 0) is 4.74 Å². The van der Waals surface area contributed by atoms with Crippen molar-refractivity contribution in [1.82, 2.24) is 0 Å². The van der Waals surface area contributed by atoms with E-state index in [-0.39, 0.29) is 11.0 Å². The van der Waals surface area contributed by atoms with Gasteiger partial charge in [-0.1, -0.05) is 0 Å². The standard InChI is InChI=1S/C12H24O11.2H2O/c13-1-4(15)6(16)8(18)9(19)11(21)12(22)3-23-5(2-14)7(17)10(12)20;;/h4-11,13-22H,1-3H2;2*1H2/t4-,5-,6-,7-,8+,9+,10+,11?,12?;;/m1../s1. The molecule has 154 valence electrons. The van der Waals surface area contributed by atoms with Gasteiger partial charge in [0.05, 0.1) is 19.8 Å². The molecule has 0 amide bonds. The highest BCUT2D eigenvalue weighted by molar-refractivity contribution is 5.05. The van der Waals surface area contributed by atoms with E-state index in [0.717, 1.165) is 0 Å². The number of hydrogen-bond acceptors (Lipinski definition) is 11. The minimum Gasteiger partial charge on any atom is -0.412 e. The van der Waals surface area contributed by atoms with Crippen molar-refractivity contribution >= 4 is 0 Å². The van der Waals surface area contributed by atoms with Crippen LogP contribution in [0.2, 0.25) is 0 Å². The Bertz CT molecular complexity index is 371. The monoisotopic (exact) mass is 380 g/mol. The van der Waals surface area contributed by atoms with Crippen molar-refractivity contribution in [2.24, 2.45) is 0 Å². The molecule has 1 aliphatic rings. The third kappa shape index (κ3) is 5.24. The minimum absolute atomic E-state index is 0. The van der Waals surface area contributed by atoms with Crippen molar-refractivity contribution in [1.29, 1.82) is 0 Å². The maximum Gasteiger partial charge on any atom is 0.145 e. The first-order valence-electron chi connectivity index (χ1n) is 6.94. The molecular weight excluding hydrogens is 352 g/mol. The van der Waals surface area contributed by atoms with Gasteiger partial charge in [-0.25, -0.2) is 0 Å². The molecule has 13 heteroatoms. The number of aliphatic hydroxyl groups is 10. The maximum absolute atomic E-state index is 10.3. The largest absolute Gasteiger partial charge is 0.412 e. The van der Waals surface area contributed by atoms with Gasteiger partial charge in [-0.15, -0.1) is 0 Å². The van der Waals surface area contributed by atoms with Crippen LogP contribution in [0.5, 0.6) is 0 Å². The van der Waals surface area contributed by atoms with Crippen LogP contribution < -0.4 is 0 Å². The van der Waals surface area contributed by atoms with Gasteiger partial charge in [0.1, 0.15) is 54.4 Å². The van der Waals surface area contributed by atoms with Crippen LogP contribution in [0.25, 0.3) is 0 Å². The van der Waals surface area contributed by atoms with Crippen molar-refractivity contribution in [2.75, 3.05) is 19.8 Å². The summed E-state index contributed by atoms with van der Waals surface area (Å²) < 4.78 is 4.89. The highest BCUT2D eigenvalue weighted by atomic mass is 16.5. The maximum atomic E-state index is 10.3. The van der Waals surface area contributed by atoms with E-state index in [1.807, 2.05) is 0 Å². The first-order chi connectivity index (χ1) is 10.6. The van der Waals surface area contributed by atoms with Gasteiger partial charge in [0.15, 0.2) is 0 Å². The summed E-state index contributed by atoms with van der Waals surface area (Å²) >= 11 is 0. The summed E-state index contributed by atoms with van der Waals surface area (Å²) in [6.07, 6.45) is -15.6. The normalized spacial score (nSPS) is 35.5. The van der Waals surface area contributed by atoms with Gasteiger partial charge >= 0.3 is 0 Å². The van der Waals surface area contributed by atoms with Gasteiger partial charge in [-0.3, -0.25) is 0 Å². The molecule has 9 atom stereocenters. The van der Waals surface area contributed by atoms with Crippen LogP contribution in [0.1, 0.15) is 0 Å². The molecule has 13 nitrogen and oxygen atoms in total. The molecule has 1 heterocycles. The fourth-order valence-electron chi connectivity index (χ4n) is 2.36. The Morgan fingerprint density at radius 3 is 1.88 bits per heavy atom. The number of hydrogen-bond donors (Lipinski definition) is 10. The van der Waals surface area contributed by atoms with Crippen molar-refractivity contribution in [2.45, 2.75) is 54.4 Å². The zero-order valence-corrected chi connectivity index (χ0v) is 13.1. The van der Waals surface area contributed by atoms with Crippen molar-refractivity contribution < 1.29 is 66.8 Å². The number of rotatable bonds is 7. The molecule has 0 aromatic carbocycles. The highest BCUT2D eigenvalue weighted by Gasteiger charge is 2.55. The van der Waals surface area contributed by atoms with Gasteiger partial charge in [0.2, 0.25) is 0 Å². The minimum atomic E-state index is -2.62. The Kier molecular flexibility index (Phi) is 11.3. The molecule has 0 aromatic rings. The fourth-order valence-corrected chi connectivity index (χ4v) is 2.36. The smallest absolute Gasteiger partial charge is 0.145 e. The lowest BCUT2D eigenvalue weighted by atomic mass is 9.79.